The molecule has 0 aliphatic rings. The fraction of sp³-hybridized carbons (Fsp3) is 0.333. The lowest BCUT2D eigenvalue weighted by Gasteiger charge is -2.19. The maximum Gasteiger partial charge on any atom is 0.419 e. The molecule has 0 fully saturated rings. The summed E-state index contributed by atoms with van der Waals surface area (Å²) < 4.78 is 7.58. The summed E-state index contributed by atoms with van der Waals surface area (Å²) in [4.78, 5) is 16.0. The van der Waals surface area contributed by atoms with Crippen LogP contribution in [0.5, 0.6) is 0 Å². The molecule has 17 heavy (non-hydrogen) atoms. The number of aromatic nitrogens is 2. The molecule has 2 aromatic rings. The van der Waals surface area contributed by atoms with Crippen LogP contribution in [0.3, 0.4) is 0 Å². The minimum absolute atomic E-state index is 0.389. The van der Waals surface area contributed by atoms with Crippen molar-refractivity contribution in [1.29, 1.82) is 0 Å². The van der Waals surface area contributed by atoms with E-state index in [0.717, 1.165) is 15.4 Å². The second kappa shape index (κ2) is 4.14. The Kier molecular flexibility index (Phi) is 2.95. The molecule has 0 saturated carbocycles. The number of hydrogen-bond donors (Lipinski definition) is 0. The van der Waals surface area contributed by atoms with Gasteiger partial charge in [0, 0.05) is 24.0 Å². The Morgan fingerprint density at radius 3 is 2.76 bits per heavy atom. The molecule has 4 nitrogen and oxygen atoms in total. The summed E-state index contributed by atoms with van der Waals surface area (Å²) in [6.07, 6.45) is 4.66. The smallest absolute Gasteiger partial charge is 0.419 e. The topological polar surface area (TPSA) is 44.1 Å². The molecule has 0 saturated heterocycles. The van der Waals surface area contributed by atoms with Crippen molar-refractivity contribution in [2.75, 3.05) is 0 Å². The number of ether oxygens (including phenoxy) is 1. The van der Waals surface area contributed by atoms with Crippen LogP contribution in [-0.4, -0.2) is 21.2 Å². The minimum Gasteiger partial charge on any atom is -0.443 e. The predicted molar refractivity (Wildman–Crippen MR) is 69.1 cm³/mol. The summed E-state index contributed by atoms with van der Waals surface area (Å²) in [5.74, 6) is 0. The van der Waals surface area contributed by atoms with Crippen molar-refractivity contribution in [1.82, 2.24) is 9.55 Å². The van der Waals surface area contributed by atoms with Crippen LogP contribution in [0.15, 0.2) is 29.1 Å². The van der Waals surface area contributed by atoms with Crippen molar-refractivity contribution in [2.24, 2.45) is 0 Å². The molecule has 0 bridgehead atoms. The van der Waals surface area contributed by atoms with Gasteiger partial charge in [0.2, 0.25) is 0 Å². The first kappa shape index (κ1) is 12.1. The highest BCUT2D eigenvalue weighted by Gasteiger charge is 2.19. The fourth-order valence-electron chi connectivity index (χ4n) is 1.51. The van der Waals surface area contributed by atoms with Crippen molar-refractivity contribution in [3.63, 3.8) is 0 Å². The standard InChI is InChI=1S/C12H13BrN2O2/c1-12(2,3)17-11(16)15-5-4-8-6-14-7-9(13)10(8)15/h4-7H,1-3H3. The molecule has 0 spiro atoms. The van der Waals surface area contributed by atoms with Gasteiger partial charge >= 0.3 is 6.09 Å². The zero-order chi connectivity index (χ0) is 12.6. The highest BCUT2D eigenvalue weighted by atomic mass is 79.9. The van der Waals surface area contributed by atoms with Crippen molar-refractivity contribution < 1.29 is 9.53 Å². The molecule has 90 valence electrons. The number of carbonyl (C=O) groups excluding carboxylic acids is 1. The van der Waals surface area contributed by atoms with Crippen LogP contribution in [0, 0.1) is 0 Å². The number of halogens is 1. The van der Waals surface area contributed by atoms with Gasteiger partial charge in [-0.1, -0.05) is 0 Å². The molecule has 0 aliphatic carbocycles. The van der Waals surface area contributed by atoms with Crippen LogP contribution in [-0.2, 0) is 4.74 Å². The van der Waals surface area contributed by atoms with Gasteiger partial charge in [-0.05, 0) is 42.8 Å². The summed E-state index contributed by atoms with van der Waals surface area (Å²) in [6.45, 7) is 5.52. The first-order valence-corrected chi connectivity index (χ1v) is 6.02. The Balaban J connectivity index is 2.46. The highest BCUT2D eigenvalue weighted by Crippen LogP contribution is 2.24. The van der Waals surface area contributed by atoms with Gasteiger partial charge in [-0.3, -0.25) is 9.55 Å². The SMILES string of the molecule is CC(C)(C)OC(=O)n1ccc2cncc(Br)c21. The lowest BCUT2D eigenvalue weighted by molar-refractivity contribution is 0.0544. The van der Waals surface area contributed by atoms with E-state index < -0.39 is 5.60 Å². The summed E-state index contributed by atoms with van der Waals surface area (Å²) in [5, 5.41) is 0.894. The Hall–Kier alpha value is -1.36. The first-order chi connectivity index (χ1) is 7.88. The number of hydrogen-bond acceptors (Lipinski definition) is 3. The maximum atomic E-state index is 12.0. The monoisotopic (exact) mass is 296 g/mol. The van der Waals surface area contributed by atoms with Gasteiger partial charge in [-0.25, -0.2) is 4.79 Å². The Morgan fingerprint density at radius 1 is 1.41 bits per heavy atom. The predicted octanol–water partition coefficient (Wildman–Crippen LogP) is 3.58. The van der Waals surface area contributed by atoms with Crippen LogP contribution < -0.4 is 0 Å². The molecule has 0 unspecified atom stereocenters. The van der Waals surface area contributed by atoms with Gasteiger partial charge in [-0.2, -0.15) is 0 Å². The normalized spacial score (nSPS) is 11.8. The zero-order valence-corrected chi connectivity index (χ0v) is 11.5. The number of pyridine rings is 1. The third-order valence-corrected chi connectivity index (χ3v) is 2.72. The Bertz CT molecular complexity index is 569. The number of carbonyl (C=O) groups is 1. The zero-order valence-electron chi connectivity index (χ0n) is 9.90. The van der Waals surface area contributed by atoms with E-state index in [4.69, 9.17) is 4.74 Å². The fourth-order valence-corrected chi connectivity index (χ4v) is 2.05. The summed E-state index contributed by atoms with van der Waals surface area (Å²) >= 11 is 3.38. The Morgan fingerprint density at radius 2 is 2.12 bits per heavy atom. The lowest BCUT2D eigenvalue weighted by Crippen LogP contribution is -2.26. The van der Waals surface area contributed by atoms with Gasteiger partial charge in [-0.15, -0.1) is 0 Å². The van der Waals surface area contributed by atoms with Crippen LogP contribution in [0.4, 0.5) is 4.79 Å². The third-order valence-electron chi connectivity index (χ3n) is 2.14. The Labute approximate surface area is 108 Å². The molecule has 2 rings (SSSR count). The van der Waals surface area contributed by atoms with Crippen molar-refractivity contribution in [2.45, 2.75) is 26.4 Å². The molecule has 0 radical (unpaired) electrons. The van der Waals surface area contributed by atoms with Crippen LogP contribution in [0.1, 0.15) is 20.8 Å². The van der Waals surface area contributed by atoms with Crippen molar-refractivity contribution in [3.05, 3.63) is 29.1 Å². The largest absolute Gasteiger partial charge is 0.443 e. The number of nitrogens with zero attached hydrogens (tertiary/aromatic N) is 2. The van der Waals surface area contributed by atoms with Gasteiger partial charge in [0.05, 0.1) is 9.99 Å². The second-order valence-electron chi connectivity index (χ2n) is 4.73. The van der Waals surface area contributed by atoms with Crippen LogP contribution in [0.2, 0.25) is 0 Å². The van der Waals surface area contributed by atoms with E-state index in [1.807, 2.05) is 26.8 Å². The molecule has 0 N–H and O–H groups in total. The highest BCUT2D eigenvalue weighted by molar-refractivity contribution is 9.10. The minimum atomic E-state index is -0.507. The van der Waals surface area contributed by atoms with Gasteiger partial charge in [0.1, 0.15) is 5.60 Å². The average Bonchev–Trinajstić information content (AvgIpc) is 2.60. The molecular formula is C12H13BrN2O2. The van der Waals surface area contributed by atoms with Gasteiger partial charge < -0.3 is 4.74 Å². The van der Waals surface area contributed by atoms with E-state index in [1.165, 1.54) is 4.57 Å². The third kappa shape index (κ3) is 2.49. The average molecular weight is 297 g/mol. The molecule has 0 aromatic carbocycles. The van der Waals surface area contributed by atoms with E-state index in [0.29, 0.717) is 0 Å². The van der Waals surface area contributed by atoms with E-state index in [1.54, 1.807) is 18.6 Å². The number of fused-ring (bicyclic) bond motifs is 1. The summed E-state index contributed by atoms with van der Waals surface area (Å²) in [5.41, 5.74) is 0.266. The van der Waals surface area contributed by atoms with Gasteiger partial charge in [0.15, 0.2) is 0 Å². The van der Waals surface area contributed by atoms with E-state index in [9.17, 15) is 4.79 Å². The summed E-state index contributed by atoms with van der Waals surface area (Å²) in [7, 11) is 0. The van der Waals surface area contributed by atoms with Crippen LogP contribution in [0.25, 0.3) is 10.9 Å². The number of rotatable bonds is 0. The van der Waals surface area contributed by atoms with Gasteiger partial charge in [0.25, 0.3) is 0 Å². The van der Waals surface area contributed by atoms with E-state index in [2.05, 4.69) is 20.9 Å². The quantitative estimate of drug-likeness (QED) is 0.746. The molecule has 5 heteroatoms. The van der Waals surface area contributed by atoms with Crippen LogP contribution >= 0.6 is 15.9 Å². The molecule has 2 aromatic heterocycles. The molecule has 0 amide bonds. The van der Waals surface area contributed by atoms with E-state index in [-0.39, 0.29) is 6.09 Å². The van der Waals surface area contributed by atoms with Crippen molar-refractivity contribution >= 4 is 32.9 Å². The second-order valence-corrected chi connectivity index (χ2v) is 5.58. The summed E-state index contributed by atoms with van der Waals surface area (Å²) in [6, 6.07) is 1.83. The van der Waals surface area contributed by atoms with E-state index >= 15 is 0 Å². The lowest BCUT2D eigenvalue weighted by atomic mass is 10.2. The maximum absolute atomic E-state index is 12.0. The molecule has 2 heterocycles. The molecule has 0 aliphatic heterocycles. The first-order valence-electron chi connectivity index (χ1n) is 5.22. The van der Waals surface area contributed by atoms with Crippen molar-refractivity contribution in [3.8, 4) is 0 Å². The molecule has 0 atom stereocenters. The molecular weight excluding hydrogens is 284 g/mol.